The molecule has 0 unspecified atom stereocenters. The molecule has 0 aliphatic carbocycles. The van der Waals surface area contributed by atoms with Crippen LogP contribution in [0.1, 0.15) is 9.88 Å². The molecule has 0 saturated heterocycles. The smallest absolute Gasteiger partial charge is 0.191 e. The maximum Gasteiger partial charge on any atom is 0.191 e. The second-order valence-corrected chi connectivity index (χ2v) is 5.14. The number of thiazole rings is 1. The van der Waals surface area contributed by atoms with Crippen LogP contribution in [0.15, 0.2) is 11.2 Å². The Morgan fingerprint density at radius 1 is 1.35 bits per heavy atom. The quantitative estimate of drug-likeness (QED) is 0.291. The standard InChI is InChI=1S/C12H22N4O2S.HI/c1-10-8-15-11(19-10)9-16-12(13-2)14-4-5-18-7-6-17-3;/h8H,4-7,9H2,1-3H3,(H2,13,14,16);1H. The summed E-state index contributed by atoms with van der Waals surface area (Å²) in [6, 6.07) is 0. The van der Waals surface area contributed by atoms with Crippen LogP contribution in [0.4, 0.5) is 0 Å². The number of rotatable bonds is 8. The molecule has 0 aliphatic rings. The zero-order valence-electron chi connectivity index (χ0n) is 12.1. The number of nitrogens with zero attached hydrogens (tertiary/aromatic N) is 2. The molecular formula is C12H23IN4O2S. The molecular weight excluding hydrogens is 391 g/mol. The lowest BCUT2D eigenvalue weighted by atomic mass is 10.6. The van der Waals surface area contributed by atoms with Crippen molar-refractivity contribution in [1.82, 2.24) is 15.6 Å². The minimum Gasteiger partial charge on any atom is -0.382 e. The Hall–Kier alpha value is -0.450. The Morgan fingerprint density at radius 3 is 2.75 bits per heavy atom. The molecule has 0 aliphatic heterocycles. The summed E-state index contributed by atoms with van der Waals surface area (Å²) in [5.41, 5.74) is 0. The van der Waals surface area contributed by atoms with E-state index in [-0.39, 0.29) is 24.0 Å². The summed E-state index contributed by atoms with van der Waals surface area (Å²) < 4.78 is 10.2. The Balaban J connectivity index is 0.00000361. The van der Waals surface area contributed by atoms with Gasteiger partial charge in [-0.15, -0.1) is 35.3 Å². The first kappa shape index (κ1) is 19.6. The minimum absolute atomic E-state index is 0. The SMILES string of the molecule is CN=C(NCCOCCOC)NCc1ncc(C)s1.I. The number of hydrogen-bond donors (Lipinski definition) is 2. The molecule has 1 aromatic rings. The molecule has 0 saturated carbocycles. The van der Waals surface area contributed by atoms with E-state index in [0.29, 0.717) is 32.9 Å². The molecule has 0 spiro atoms. The number of nitrogens with one attached hydrogen (secondary N) is 2. The van der Waals surface area contributed by atoms with E-state index < -0.39 is 0 Å². The lowest BCUT2D eigenvalue weighted by Crippen LogP contribution is -2.38. The first-order valence-electron chi connectivity index (χ1n) is 6.18. The molecule has 0 radical (unpaired) electrons. The molecule has 0 atom stereocenters. The van der Waals surface area contributed by atoms with Gasteiger partial charge in [-0.25, -0.2) is 4.98 Å². The molecule has 0 amide bonds. The van der Waals surface area contributed by atoms with Crippen molar-refractivity contribution in [2.45, 2.75) is 13.5 Å². The first-order chi connectivity index (χ1) is 9.26. The van der Waals surface area contributed by atoms with Crippen molar-refractivity contribution in [2.24, 2.45) is 4.99 Å². The van der Waals surface area contributed by atoms with Crippen LogP contribution in [-0.4, -0.2) is 51.5 Å². The second-order valence-electron chi connectivity index (χ2n) is 3.82. The van der Waals surface area contributed by atoms with E-state index in [0.717, 1.165) is 11.0 Å². The van der Waals surface area contributed by atoms with Crippen molar-refractivity contribution in [3.63, 3.8) is 0 Å². The number of aromatic nitrogens is 1. The number of methoxy groups -OCH3 is 1. The molecule has 20 heavy (non-hydrogen) atoms. The van der Waals surface area contributed by atoms with Gasteiger partial charge in [-0.2, -0.15) is 0 Å². The Labute approximate surface area is 141 Å². The highest BCUT2D eigenvalue weighted by Gasteiger charge is 2.01. The van der Waals surface area contributed by atoms with Gasteiger partial charge in [-0.05, 0) is 6.92 Å². The average molecular weight is 414 g/mol. The van der Waals surface area contributed by atoms with Gasteiger partial charge >= 0.3 is 0 Å². The van der Waals surface area contributed by atoms with Gasteiger partial charge in [0.25, 0.3) is 0 Å². The van der Waals surface area contributed by atoms with Crippen molar-refractivity contribution < 1.29 is 9.47 Å². The summed E-state index contributed by atoms with van der Waals surface area (Å²) in [6.45, 7) is 5.30. The molecule has 0 bridgehead atoms. The molecule has 1 heterocycles. The summed E-state index contributed by atoms with van der Waals surface area (Å²) in [5, 5.41) is 7.43. The number of ether oxygens (including phenoxy) is 2. The van der Waals surface area contributed by atoms with Crippen LogP contribution in [0.5, 0.6) is 0 Å². The van der Waals surface area contributed by atoms with E-state index in [1.54, 1.807) is 25.5 Å². The van der Waals surface area contributed by atoms with Crippen LogP contribution in [0.2, 0.25) is 0 Å². The van der Waals surface area contributed by atoms with Crippen LogP contribution in [-0.2, 0) is 16.0 Å². The predicted octanol–water partition coefficient (Wildman–Crippen LogP) is 1.40. The molecule has 1 aromatic heterocycles. The van der Waals surface area contributed by atoms with Gasteiger partial charge in [0.2, 0.25) is 0 Å². The summed E-state index contributed by atoms with van der Waals surface area (Å²) in [7, 11) is 3.40. The number of halogens is 1. The van der Waals surface area contributed by atoms with E-state index in [4.69, 9.17) is 9.47 Å². The van der Waals surface area contributed by atoms with Gasteiger partial charge in [0.15, 0.2) is 5.96 Å². The van der Waals surface area contributed by atoms with E-state index in [1.165, 1.54) is 4.88 Å². The maximum absolute atomic E-state index is 5.35. The second kappa shape index (κ2) is 12.3. The predicted molar refractivity (Wildman–Crippen MR) is 93.2 cm³/mol. The Bertz CT molecular complexity index is 387. The monoisotopic (exact) mass is 414 g/mol. The Kier molecular flexibility index (Phi) is 12.0. The van der Waals surface area contributed by atoms with Crippen molar-refractivity contribution >= 4 is 41.3 Å². The minimum atomic E-state index is 0. The topological polar surface area (TPSA) is 67.8 Å². The van der Waals surface area contributed by atoms with Gasteiger partial charge in [-0.1, -0.05) is 0 Å². The molecule has 0 fully saturated rings. The molecule has 6 nitrogen and oxygen atoms in total. The largest absolute Gasteiger partial charge is 0.382 e. The Morgan fingerprint density at radius 2 is 2.15 bits per heavy atom. The summed E-state index contributed by atoms with van der Waals surface area (Å²) >= 11 is 1.68. The zero-order valence-corrected chi connectivity index (χ0v) is 15.3. The van der Waals surface area contributed by atoms with Crippen LogP contribution < -0.4 is 10.6 Å². The van der Waals surface area contributed by atoms with E-state index in [2.05, 4.69) is 20.6 Å². The highest BCUT2D eigenvalue weighted by Crippen LogP contribution is 2.10. The van der Waals surface area contributed by atoms with Gasteiger partial charge in [0, 0.05) is 31.8 Å². The van der Waals surface area contributed by atoms with Gasteiger partial charge in [0.05, 0.1) is 26.4 Å². The van der Waals surface area contributed by atoms with Crippen molar-refractivity contribution in [3.05, 3.63) is 16.1 Å². The molecule has 116 valence electrons. The van der Waals surface area contributed by atoms with Gasteiger partial charge < -0.3 is 20.1 Å². The third-order valence-corrected chi connectivity index (χ3v) is 3.18. The highest BCUT2D eigenvalue weighted by atomic mass is 127. The van der Waals surface area contributed by atoms with E-state index in [9.17, 15) is 0 Å². The number of aryl methyl sites for hydroxylation is 1. The lowest BCUT2D eigenvalue weighted by molar-refractivity contribution is 0.0733. The van der Waals surface area contributed by atoms with Gasteiger partial charge in [0.1, 0.15) is 5.01 Å². The van der Waals surface area contributed by atoms with Crippen LogP contribution >= 0.6 is 35.3 Å². The molecule has 0 aromatic carbocycles. The van der Waals surface area contributed by atoms with Crippen molar-refractivity contribution in [3.8, 4) is 0 Å². The normalized spacial score (nSPS) is 11.1. The van der Waals surface area contributed by atoms with Crippen molar-refractivity contribution in [2.75, 3.05) is 40.5 Å². The van der Waals surface area contributed by atoms with E-state index in [1.807, 2.05) is 13.1 Å². The zero-order chi connectivity index (χ0) is 13.9. The van der Waals surface area contributed by atoms with Crippen molar-refractivity contribution in [1.29, 1.82) is 0 Å². The lowest BCUT2D eigenvalue weighted by Gasteiger charge is -2.10. The molecule has 1 rings (SSSR count). The molecule has 2 N–H and O–H groups in total. The fourth-order valence-corrected chi connectivity index (χ4v) is 2.08. The first-order valence-corrected chi connectivity index (χ1v) is 7.00. The fourth-order valence-electron chi connectivity index (χ4n) is 1.35. The maximum atomic E-state index is 5.35. The van der Waals surface area contributed by atoms with Crippen LogP contribution in [0.3, 0.4) is 0 Å². The number of aliphatic imine (C=N–C) groups is 1. The summed E-state index contributed by atoms with van der Waals surface area (Å²) in [5.74, 6) is 0.753. The fraction of sp³-hybridized carbons (Fsp3) is 0.667. The highest BCUT2D eigenvalue weighted by molar-refractivity contribution is 14.0. The number of guanidine groups is 1. The third-order valence-electron chi connectivity index (χ3n) is 2.27. The van der Waals surface area contributed by atoms with Crippen LogP contribution in [0, 0.1) is 6.92 Å². The molecule has 8 heteroatoms. The summed E-state index contributed by atoms with van der Waals surface area (Å²) in [4.78, 5) is 9.64. The van der Waals surface area contributed by atoms with E-state index >= 15 is 0 Å². The third kappa shape index (κ3) is 8.67. The van der Waals surface area contributed by atoms with Gasteiger partial charge in [-0.3, -0.25) is 4.99 Å². The summed E-state index contributed by atoms with van der Waals surface area (Å²) in [6.07, 6.45) is 1.88. The average Bonchev–Trinajstić information content (AvgIpc) is 2.83. The number of hydrogen-bond acceptors (Lipinski definition) is 5. The van der Waals surface area contributed by atoms with Crippen LogP contribution in [0.25, 0.3) is 0 Å².